The van der Waals surface area contributed by atoms with Gasteiger partial charge in [0.15, 0.2) is 0 Å². The summed E-state index contributed by atoms with van der Waals surface area (Å²) in [4.78, 5) is 0. The quantitative estimate of drug-likeness (QED) is 0.122. The number of fused-ring (bicyclic) bond motifs is 14. The molecule has 0 saturated carbocycles. The standard InChI is InChI=1S/C67H44/c1-67(2)62-35-33-43-15-5-6-19-50(43)66(62)61-39-59-52-21-8-7-20-51(52)58-38-48(32-34-53(58)60(59)40-63(61)67)42-26-29-44(30-27-42)64-54-22-9-11-24-56(54)65(57-25-12-10-23-55(57)64)49-18-13-17-46(37-49)47-31-28-41-14-3-4-16-45(41)36-47/h3-40H,1-2H3. The van der Waals surface area contributed by atoms with Gasteiger partial charge in [0.25, 0.3) is 0 Å². The molecule has 0 aliphatic heterocycles. The maximum absolute atomic E-state index is 2.52. The summed E-state index contributed by atoms with van der Waals surface area (Å²) >= 11 is 0. The molecule has 67 heavy (non-hydrogen) atoms. The molecule has 0 saturated heterocycles. The average Bonchev–Trinajstić information content (AvgIpc) is 3.62. The van der Waals surface area contributed by atoms with Gasteiger partial charge in [-0.15, -0.1) is 0 Å². The highest BCUT2D eigenvalue weighted by molar-refractivity contribution is 6.27. The Kier molecular flexibility index (Phi) is 8.13. The molecule has 1 aliphatic carbocycles. The molecule has 0 nitrogen and oxygen atoms in total. The summed E-state index contributed by atoms with van der Waals surface area (Å²) in [5.41, 5.74) is 15.3. The van der Waals surface area contributed by atoms with E-state index in [1.807, 2.05) is 0 Å². The van der Waals surface area contributed by atoms with Gasteiger partial charge in [-0.1, -0.05) is 214 Å². The van der Waals surface area contributed by atoms with Crippen molar-refractivity contribution in [3.05, 3.63) is 242 Å². The third-order valence-electron chi connectivity index (χ3n) is 15.2. The molecule has 0 spiro atoms. The molecule has 0 unspecified atom stereocenters. The minimum Gasteiger partial charge on any atom is -0.0616 e. The number of rotatable bonds is 4. The van der Waals surface area contributed by atoms with Crippen LogP contribution in [0, 0.1) is 0 Å². The van der Waals surface area contributed by atoms with E-state index in [0.717, 1.165) is 0 Å². The smallest absolute Gasteiger partial charge is 0.0159 e. The summed E-state index contributed by atoms with van der Waals surface area (Å²) in [6.45, 7) is 4.80. The predicted octanol–water partition coefficient (Wildman–Crippen LogP) is 18.7. The summed E-state index contributed by atoms with van der Waals surface area (Å²) in [6, 6.07) is 86.4. The van der Waals surface area contributed by atoms with E-state index in [1.54, 1.807) is 0 Å². The summed E-state index contributed by atoms with van der Waals surface area (Å²) in [6.07, 6.45) is 0. The second kappa shape index (κ2) is 14.3. The van der Waals surface area contributed by atoms with Crippen LogP contribution in [0.4, 0.5) is 0 Å². The normalized spacial score (nSPS) is 13.0. The number of hydrogen-bond donors (Lipinski definition) is 0. The molecule has 0 bridgehead atoms. The van der Waals surface area contributed by atoms with Crippen LogP contribution in [0.25, 0.3) is 131 Å². The molecule has 0 heterocycles. The predicted molar refractivity (Wildman–Crippen MR) is 288 cm³/mol. The molecule has 14 rings (SSSR count). The number of hydrogen-bond acceptors (Lipinski definition) is 0. The third kappa shape index (κ3) is 5.66. The van der Waals surface area contributed by atoms with Gasteiger partial charge >= 0.3 is 0 Å². The van der Waals surface area contributed by atoms with E-state index >= 15 is 0 Å². The molecule has 0 atom stereocenters. The van der Waals surface area contributed by atoms with Crippen LogP contribution >= 0.6 is 0 Å². The lowest BCUT2D eigenvalue weighted by atomic mass is 9.81. The lowest BCUT2D eigenvalue weighted by Gasteiger charge is -2.22. The Bertz CT molecular complexity index is 4160. The van der Waals surface area contributed by atoms with Gasteiger partial charge in [0.05, 0.1) is 0 Å². The Morgan fingerprint density at radius 2 is 0.687 bits per heavy atom. The topological polar surface area (TPSA) is 0 Å². The molecule has 13 aromatic rings. The fraction of sp³-hybridized carbons (Fsp3) is 0.0448. The third-order valence-corrected chi connectivity index (χ3v) is 15.2. The average molecular weight is 849 g/mol. The zero-order valence-corrected chi connectivity index (χ0v) is 37.4. The molecular formula is C67H44. The van der Waals surface area contributed by atoms with E-state index < -0.39 is 0 Å². The number of benzene rings is 13. The van der Waals surface area contributed by atoms with Crippen LogP contribution < -0.4 is 0 Å². The minimum atomic E-state index is -0.108. The SMILES string of the molecule is CC1(C)c2cc3c4ccc(-c5ccc(-c6c7ccccc7c(-c7cccc(-c8ccc9ccccc9c8)c7)c7ccccc67)cc5)cc4c4ccccc4c3cc2-c2c1ccc1ccccc21. The first-order valence-corrected chi connectivity index (χ1v) is 23.6. The zero-order valence-electron chi connectivity index (χ0n) is 37.4. The Hall–Kier alpha value is -8.32. The first-order valence-electron chi connectivity index (χ1n) is 23.6. The maximum Gasteiger partial charge on any atom is 0.0159 e. The van der Waals surface area contributed by atoms with Crippen LogP contribution in [0.5, 0.6) is 0 Å². The molecule has 0 amide bonds. The van der Waals surface area contributed by atoms with Gasteiger partial charge in [0.1, 0.15) is 0 Å². The van der Waals surface area contributed by atoms with E-state index in [0.29, 0.717) is 0 Å². The van der Waals surface area contributed by atoms with Crippen molar-refractivity contribution >= 4 is 75.4 Å². The fourth-order valence-electron chi connectivity index (χ4n) is 11.9. The maximum atomic E-state index is 2.52. The summed E-state index contributed by atoms with van der Waals surface area (Å²) in [5, 5.41) is 18.0. The molecule has 13 aromatic carbocycles. The van der Waals surface area contributed by atoms with E-state index in [9.17, 15) is 0 Å². The highest BCUT2D eigenvalue weighted by Gasteiger charge is 2.37. The van der Waals surface area contributed by atoms with Crippen LogP contribution in [-0.4, -0.2) is 0 Å². The van der Waals surface area contributed by atoms with Gasteiger partial charge in [-0.05, 0) is 173 Å². The van der Waals surface area contributed by atoms with Crippen molar-refractivity contribution in [2.24, 2.45) is 0 Å². The zero-order chi connectivity index (χ0) is 44.4. The Morgan fingerprint density at radius 3 is 1.39 bits per heavy atom. The Balaban J connectivity index is 0.890. The van der Waals surface area contributed by atoms with Crippen molar-refractivity contribution in [1.29, 1.82) is 0 Å². The van der Waals surface area contributed by atoms with Gasteiger partial charge in [0.2, 0.25) is 0 Å². The molecule has 312 valence electrons. The monoisotopic (exact) mass is 848 g/mol. The van der Waals surface area contributed by atoms with Gasteiger partial charge in [-0.3, -0.25) is 0 Å². The van der Waals surface area contributed by atoms with Crippen molar-refractivity contribution in [3.8, 4) is 55.6 Å². The fourth-order valence-corrected chi connectivity index (χ4v) is 11.9. The highest BCUT2D eigenvalue weighted by Crippen LogP contribution is 2.54. The van der Waals surface area contributed by atoms with Crippen molar-refractivity contribution < 1.29 is 0 Å². The van der Waals surface area contributed by atoms with Gasteiger partial charge in [-0.2, -0.15) is 0 Å². The van der Waals surface area contributed by atoms with Crippen LogP contribution in [0.1, 0.15) is 25.0 Å². The van der Waals surface area contributed by atoms with E-state index in [2.05, 4.69) is 244 Å². The minimum absolute atomic E-state index is 0.108. The largest absolute Gasteiger partial charge is 0.0616 e. The molecular weight excluding hydrogens is 805 g/mol. The summed E-state index contributed by atoms with van der Waals surface area (Å²) in [7, 11) is 0. The van der Waals surface area contributed by atoms with E-state index in [1.165, 1.54) is 142 Å². The first-order chi connectivity index (χ1) is 33.0. The summed E-state index contributed by atoms with van der Waals surface area (Å²) < 4.78 is 0. The van der Waals surface area contributed by atoms with Crippen LogP contribution in [0.2, 0.25) is 0 Å². The van der Waals surface area contributed by atoms with Crippen LogP contribution in [-0.2, 0) is 5.41 Å². The molecule has 0 radical (unpaired) electrons. The van der Waals surface area contributed by atoms with E-state index in [-0.39, 0.29) is 5.41 Å². The van der Waals surface area contributed by atoms with Crippen molar-refractivity contribution in [2.75, 3.05) is 0 Å². The molecule has 1 aliphatic rings. The second-order valence-electron chi connectivity index (χ2n) is 19.1. The molecule has 0 N–H and O–H groups in total. The lowest BCUT2D eigenvalue weighted by molar-refractivity contribution is 0.662. The van der Waals surface area contributed by atoms with Gasteiger partial charge < -0.3 is 0 Å². The second-order valence-corrected chi connectivity index (χ2v) is 19.1. The lowest BCUT2D eigenvalue weighted by Crippen LogP contribution is -2.14. The van der Waals surface area contributed by atoms with Crippen molar-refractivity contribution in [1.82, 2.24) is 0 Å². The molecule has 0 aromatic heterocycles. The van der Waals surface area contributed by atoms with Crippen LogP contribution in [0.3, 0.4) is 0 Å². The first kappa shape index (κ1) is 38.0. The van der Waals surface area contributed by atoms with Gasteiger partial charge in [-0.25, -0.2) is 0 Å². The molecule has 0 heteroatoms. The Morgan fingerprint density at radius 1 is 0.224 bits per heavy atom. The van der Waals surface area contributed by atoms with Crippen molar-refractivity contribution in [3.63, 3.8) is 0 Å². The summed E-state index contributed by atoms with van der Waals surface area (Å²) in [5.74, 6) is 0. The van der Waals surface area contributed by atoms with Gasteiger partial charge in [0, 0.05) is 5.41 Å². The van der Waals surface area contributed by atoms with E-state index in [4.69, 9.17) is 0 Å². The Labute approximate surface area is 390 Å². The highest BCUT2D eigenvalue weighted by atomic mass is 14.4. The van der Waals surface area contributed by atoms with Crippen LogP contribution in [0.15, 0.2) is 231 Å². The van der Waals surface area contributed by atoms with Crippen molar-refractivity contribution in [2.45, 2.75) is 19.3 Å². The molecule has 0 fully saturated rings.